The zero-order valence-corrected chi connectivity index (χ0v) is 17.7. The summed E-state index contributed by atoms with van der Waals surface area (Å²) < 4.78 is 53.5. The van der Waals surface area contributed by atoms with Crippen LogP contribution in [0, 0.1) is 12.7 Å². The fourth-order valence-corrected chi connectivity index (χ4v) is 4.54. The van der Waals surface area contributed by atoms with Gasteiger partial charge in [0, 0.05) is 0 Å². The van der Waals surface area contributed by atoms with Gasteiger partial charge in [0.15, 0.2) is 5.60 Å². The first-order valence-corrected chi connectivity index (χ1v) is 10.4. The number of hydrogen-bond donors (Lipinski definition) is 3. The maximum absolute atomic E-state index is 13.9. The predicted octanol–water partition coefficient (Wildman–Crippen LogP) is 5.46. The highest BCUT2D eigenvalue weighted by Gasteiger charge is 2.59. The molecule has 1 amide bonds. The van der Waals surface area contributed by atoms with E-state index in [4.69, 9.17) is 11.6 Å². The van der Waals surface area contributed by atoms with Crippen molar-refractivity contribution in [2.24, 2.45) is 0 Å². The van der Waals surface area contributed by atoms with Crippen LogP contribution in [0.5, 0.6) is 0 Å². The quantitative estimate of drug-likeness (QED) is 0.512. The van der Waals surface area contributed by atoms with Gasteiger partial charge in [-0.1, -0.05) is 29.8 Å². The second kappa shape index (κ2) is 7.49. The SMILES string of the molecule is Cc1ccc(-c2ccc(Cl)c(F)c2)cc1C1=C(O)[C@]2(CC[C@@](O)(C(F)(F)F)CC2)NC1=O. The second-order valence-corrected chi connectivity index (χ2v) is 8.85. The number of carbonyl (C=O) groups is 1. The Balaban J connectivity index is 1.73. The van der Waals surface area contributed by atoms with E-state index in [2.05, 4.69) is 5.32 Å². The third kappa shape index (κ3) is 3.55. The molecule has 4 rings (SSSR count). The Hall–Kier alpha value is -2.58. The van der Waals surface area contributed by atoms with Gasteiger partial charge in [-0.05, 0) is 73.1 Å². The van der Waals surface area contributed by atoms with Crippen molar-refractivity contribution in [2.45, 2.75) is 49.9 Å². The van der Waals surface area contributed by atoms with Crippen molar-refractivity contribution in [3.05, 3.63) is 64.1 Å². The molecule has 0 atom stereocenters. The van der Waals surface area contributed by atoms with Crippen LogP contribution < -0.4 is 5.32 Å². The molecule has 0 saturated heterocycles. The first-order chi connectivity index (χ1) is 14.9. The van der Waals surface area contributed by atoms with Crippen LogP contribution in [0.25, 0.3) is 16.7 Å². The summed E-state index contributed by atoms with van der Waals surface area (Å²) in [7, 11) is 0. The lowest BCUT2D eigenvalue weighted by atomic mass is 9.73. The lowest BCUT2D eigenvalue weighted by Gasteiger charge is -2.42. The van der Waals surface area contributed by atoms with E-state index in [1.54, 1.807) is 31.2 Å². The van der Waals surface area contributed by atoms with Gasteiger partial charge in [-0.15, -0.1) is 0 Å². The summed E-state index contributed by atoms with van der Waals surface area (Å²) in [4.78, 5) is 12.8. The van der Waals surface area contributed by atoms with E-state index in [0.717, 1.165) is 0 Å². The summed E-state index contributed by atoms with van der Waals surface area (Å²) in [5, 5.41) is 23.6. The van der Waals surface area contributed by atoms with Crippen LogP contribution in [0.1, 0.15) is 36.8 Å². The van der Waals surface area contributed by atoms with E-state index in [1.165, 1.54) is 12.1 Å². The van der Waals surface area contributed by atoms with Crippen molar-refractivity contribution < 1.29 is 32.6 Å². The summed E-state index contributed by atoms with van der Waals surface area (Å²) in [6.45, 7) is 1.73. The van der Waals surface area contributed by atoms with Crippen molar-refractivity contribution in [3.63, 3.8) is 0 Å². The molecule has 1 spiro atoms. The van der Waals surface area contributed by atoms with Gasteiger partial charge in [0.2, 0.25) is 0 Å². The van der Waals surface area contributed by atoms with Crippen molar-refractivity contribution in [1.29, 1.82) is 0 Å². The lowest BCUT2D eigenvalue weighted by molar-refractivity contribution is -0.272. The zero-order valence-electron chi connectivity index (χ0n) is 17.0. The molecule has 3 N–H and O–H groups in total. The number of hydrogen-bond acceptors (Lipinski definition) is 3. The van der Waals surface area contributed by atoms with Crippen LogP contribution in [0.2, 0.25) is 5.02 Å². The van der Waals surface area contributed by atoms with E-state index < -0.39 is 41.9 Å². The van der Waals surface area contributed by atoms with E-state index in [0.29, 0.717) is 22.3 Å². The molecule has 2 aliphatic rings. The molecule has 2 aromatic carbocycles. The molecule has 0 unspecified atom stereocenters. The van der Waals surface area contributed by atoms with E-state index in [-0.39, 0.29) is 29.2 Å². The Bertz CT molecular complexity index is 1130. The van der Waals surface area contributed by atoms with Crippen molar-refractivity contribution >= 4 is 23.1 Å². The highest BCUT2D eigenvalue weighted by molar-refractivity contribution is 6.30. The van der Waals surface area contributed by atoms with Crippen molar-refractivity contribution in [3.8, 4) is 11.1 Å². The monoisotopic (exact) mass is 469 g/mol. The van der Waals surface area contributed by atoms with Crippen LogP contribution >= 0.6 is 11.6 Å². The number of rotatable bonds is 2. The summed E-state index contributed by atoms with van der Waals surface area (Å²) in [6, 6.07) is 9.33. The summed E-state index contributed by atoms with van der Waals surface area (Å²) in [5.74, 6) is -1.55. The molecular formula is C23H20ClF4NO3. The van der Waals surface area contributed by atoms with Gasteiger partial charge in [-0.25, -0.2) is 4.39 Å². The van der Waals surface area contributed by atoms with Gasteiger partial charge in [-0.3, -0.25) is 4.79 Å². The molecule has 9 heteroatoms. The highest BCUT2D eigenvalue weighted by Crippen LogP contribution is 2.49. The average Bonchev–Trinajstić information content (AvgIpc) is 2.96. The van der Waals surface area contributed by atoms with Crippen molar-refractivity contribution in [2.75, 3.05) is 0 Å². The third-order valence-electron chi connectivity index (χ3n) is 6.49. The molecule has 1 saturated carbocycles. The van der Waals surface area contributed by atoms with E-state index in [1.807, 2.05) is 0 Å². The molecule has 0 radical (unpaired) electrons. The molecular weight excluding hydrogens is 450 g/mol. The van der Waals surface area contributed by atoms with Gasteiger partial charge < -0.3 is 15.5 Å². The Labute approximate surface area is 186 Å². The minimum Gasteiger partial charge on any atom is -0.509 e. The van der Waals surface area contributed by atoms with Crippen LogP contribution in [0.4, 0.5) is 17.6 Å². The predicted molar refractivity (Wildman–Crippen MR) is 111 cm³/mol. The zero-order chi connectivity index (χ0) is 23.5. The lowest BCUT2D eigenvalue weighted by Crippen LogP contribution is -2.56. The fraction of sp³-hybridized carbons (Fsp3) is 0.348. The Morgan fingerprint density at radius 2 is 1.62 bits per heavy atom. The smallest absolute Gasteiger partial charge is 0.417 e. The number of aryl methyl sites for hydroxylation is 1. The van der Waals surface area contributed by atoms with Gasteiger partial charge in [-0.2, -0.15) is 13.2 Å². The minimum absolute atomic E-state index is 0.0313. The van der Waals surface area contributed by atoms with Crippen LogP contribution in [0.15, 0.2) is 42.2 Å². The number of alkyl halides is 3. The first-order valence-electron chi connectivity index (χ1n) is 9.99. The molecule has 32 heavy (non-hydrogen) atoms. The van der Waals surface area contributed by atoms with Gasteiger partial charge in [0.1, 0.15) is 11.6 Å². The molecule has 0 bridgehead atoms. The number of nitrogens with one attached hydrogen (secondary N) is 1. The molecule has 170 valence electrons. The highest BCUT2D eigenvalue weighted by atomic mass is 35.5. The maximum Gasteiger partial charge on any atom is 0.417 e. The second-order valence-electron chi connectivity index (χ2n) is 8.45. The van der Waals surface area contributed by atoms with Crippen LogP contribution in [-0.4, -0.2) is 33.4 Å². The largest absolute Gasteiger partial charge is 0.509 e. The van der Waals surface area contributed by atoms with Crippen molar-refractivity contribution in [1.82, 2.24) is 5.32 Å². The summed E-state index contributed by atoms with van der Waals surface area (Å²) in [5.41, 5.74) is -2.11. The number of amides is 1. The van der Waals surface area contributed by atoms with E-state index >= 15 is 0 Å². The molecule has 1 aliphatic carbocycles. The molecule has 4 nitrogen and oxygen atoms in total. The summed E-state index contributed by atoms with van der Waals surface area (Å²) in [6.07, 6.45) is -6.59. The molecule has 1 aliphatic heterocycles. The normalized spacial score (nSPS) is 26.0. The Kier molecular flexibility index (Phi) is 5.29. The molecule has 1 heterocycles. The van der Waals surface area contributed by atoms with Gasteiger partial charge in [0.05, 0.1) is 16.1 Å². The van der Waals surface area contributed by atoms with Crippen LogP contribution in [-0.2, 0) is 4.79 Å². The standard InChI is InChI=1S/C23H20ClF4NO3/c1-12-2-3-13(14-4-5-16(24)17(25)11-14)10-15(12)18-19(30)21(29-20(18)31)6-8-22(32,9-7-21)23(26,27)28/h2-5,10-11,30,32H,6-9H2,1H3,(H,29,31)/t21-,22+. The molecule has 2 aromatic rings. The molecule has 1 fully saturated rings. The third-order valence-corrected chi connectivity index (χ3v) is 6.79. The summed E-state index contributed by atoms with van der Waals surface area (Å²) >= 11 is 5.74. The Morgan fingerprint density at radius 3 is 2.22 bits per heavy atom. The van der Waals surface area contributed by atoms with Gasteiger partial charge in [0.25, 0.3) is 5.91 Å². The van der Waals surface area contributed by atoms with Gasteiger partial charge >= 0.3 is 6.18 Å². The number of benzene rings is 2. The Morgan fingerprint density at radius 1 is 1.03 bits per heavy atom. The van der Waals surface area contributed by atoms with E-state index in [9.17, 15) is 32.6 Å². The minimum atomic E-state index is -4.79. The maximum atomic E-state index is 13.9. The molecule has 0 aromatic heterocycles. The number of carbonyl (C=O) groups excluding carboxylic acids is 1. The number of halogens is 5. The first kappa shape index (κ1) is 22.6. The topological polar surface area (TPSA) is 69.6 Å². The van der Waals surface area contributed by atoms with Crippen LogP contribution in [0.3, 0.4) is 0 Å². The number of aliphatic hydroxyl groups excluding tert-OH is 1. The fourth-order valence-electron chi connectivity index (χ4n) is 4.42. The number of aliphatic hydroxyl groups is 2. The average molecular weight is 470 g/mol.